The normalized spacial score (nSPS) is 15.4. The molecule has 1 aliphatic carbocycles. The first-order valence-corrected chi connectivity index (χ1v) is 9.49. The van der Waals surface area contributed by atoms with E-state index in [1.165, 1.54) is 18.4 Å². The molecule has 0 saturated carbocycles. The minimum absolute atomic E-state index is 0.256. The Balaban J connectivity index is 1.65. The summed E-state index contributed by atoms with van der Waals surface area (Å²) in [5.41, 5.74) is 1.83. The van der Waals surface area contributed by atoms with Crippen LogP contribution in [-0.2, 0) is 22.4 Å². The fourth-order valence-corrected chi connectivity index (χ4v) is 4.52. The average Bonchev–Trinajstić information content (AvgIpc) is 3.01. The number of nitriles is 1. The summed E-state index contributed by atoms with van der Waals surface area (Å²) in [7, 11) is 1.46. The molecule has 1 N–H and O–H groups in total. The van der Waals surface area contributed by atoms with Crippen LogP contribution in [0, 0.1) is 17.2 Å². The van der Waals surface area contributed by atoms with Crippen molar-refractivity contribution in [3.05, 3.63) is 45.8 Å². The van der Waals surface area contributed by atoms with Crippen molar-refractivity contribution in [2.45, 2.75) is 26.2 Å². The number of hydrogen-bond donors (Lipinski definition) is 1. The number of para-hydroxylation sites is 1. The predicted octanol–water partition coefficient (Wildman–Crippen LogP) is 3.55. The first-order chi connectivity index (χ1) is 13.0. The van der Waals surface area contributed by atoms with Gasteiger partial charge in [-0.2, -0.15) is 5.26 Å². The van der Waals surface area contributed by atoms with Crippen LogP contribution in [0.1, 0.15) is 39.7 Å². The van der Waals surface area contributed by atoms with Crippen molar-refractivity contribution in [3.8, 4) is 11.8 Å². The lowest BCUT2D eigenvalue weighted by Crippen LogP contribution is -2.21. The Kier molecular flexibility index (Phi) is 5.77. The van der Waals surface area contributed by atoms with E-state index in [1.807, 2.05) is 0 Å². The van der Waals surface area contributed by atoms with E-state index in [0.717, 1.165) is 29.7 Å². The standard InChI is InChI=1S/C20H20N2O4S/c1-12-7-8-13-15(10-21)19(27-17(13)9-12)22-18(23)11-26-20(24)14-5-3-4-6-16(14)25-2/h3-6,12H,7-9,11H2,1-2H3,(H,22,23)/t12-/m0/s1. The number of esters is 1. The number of amides is 1. The van der Waals surface area contributed by atoms with Crippen LogP contribution in [-0.4, -0.2) is 25.6 Å². The molecule has 7 heteroatoms. The minimum Gasteiger partial charge on any atom is -0.496 e. The molecule has 2 aromatic rings. The lowest BCUT2D eigenvalue weighted by Gasteiger charge is -2.17. The Bertz CT molecular complexity index is 913. The number of nitrogens with one attached hydrogen (secondary N) is 1. The maximum absolute atomic E-state index is 12.2. The number of nitrogens with zero attached hydrogens (tertiary/aromatic N) is 1. The predicted molar refractivity (Wildman–Crippen MR) is 102 cm³/mol. The van der Waals surface area contributed by atoms with Crippen molar-refractivity contribution in [2.75, 3.05) is 19.0 Å². The maximum atomic E-state index is 12.2. The van der Waals surface area contributed by atoms with Gasteiger partial charge in [-0.3, -0.25) is 4.79 Å². The van der Waals surface area contributed by atoms with Gasteiger partial charge in [0, 0.05) is 4.88 Å². The van der Waals surface area contributed by atoms with Gasteiger partial charge in [-0.05, 0) is 42.9 Å². The molecule has 6 nitrogen and oxygen atoms in total. The van der Waals surface area contributed by atoms with E-state index in [2.05, 4.69) is 18.3 Å². The fraction of sp³-hybridized carbons (Fsp3) is 0.350. The Morgan fingerprint density at radius 3 is 2.89 bits per heavy atom. The van der Waals surface area contributed by atoms with E-state index < -0.39 is 18.5 Å². The van der Waals surface area contributed by atoms with Gasteiger partial charge < -0.3 is 14.8 Å². The molecular formula is C20H20N2O4S. The van der Waals surface area contributed by atoms with Gasteiger partial charge in [0.05, 0.1) is 12.7 Å². The van der Waals surface area contributed by atoms with Crippen molar-refractivity contribution in [1.82, 2.24) is 0 Å². The summed E-state index contributed by atoms with van der Waals surface area (Å²) in [6.45, 7) is 1.75. The van der Waals surface area contributed by atoms with Crippen LogP contribution < -0.4 is 10.1 Å². The monoisotopic (exact) mass is 384 g/mol. The van der Waals surface area contributed by atoms with E-state index >= 15 is 0 Å². The summed E-state index contributed by atoms with van der Waals surface area (Å²) in [5.74, 6) is -0.147. The summed E-state index contributed by atoms with van der Waals surface area (Å²) >= 11 is 1.44. The van der Waals surface area contributed by atoms with Gasteiger partial charge in [-0.1, -0.05) is 19.1 Å². The lowest BCUT2D eigenvalue weighted by atomic mass is 9.89. The van der Waals surface area contributed by atoms with Crippen LogP contribution in [0.25, 0.3) is 0 Å². The third-order valence-electron chi connectivity index (χ3n) is 4.54. The molecule has 0 unspecified atom stereocenters. The molecule has 1 aliphatic rings. The zero-order valence-electron chi connectivity index (χ0n) is 15.2. The molecular weight excluding hydrogens is 364 g/mol. The molecule has 0 fully saturated rings. The van der Waals surface area contributed by atoms with Crippen LogP contribution in [0.15, 0.2) is 24.3 Å². The molecule has 1 atom stereocenters. The number of anilines is 1. The highest BCUT2D eigenvalue weighted by Gasteiger charge is 2.25. The van der Waals surface area contributed by atoms with E-state index in [9.17, 15) is 14.9 Å². The number of ether oxygens (including phenoxy) is 2. The summed E-state index contributed by atoms with van der Waals surface area (Å²) in [5, 5.41) is 12.7. The summed E-state index contributed by atoms with van der Waals surface area (Å²) in [6, 6.07) is 8.85. The van der Waals surface area contributed by atoms with Crippen molar-refractivity contribution in [3.63, 3.8) is 0 Å². The third kappa shape index (κ3) is 4.12. The Hall–Kier alpha value is -2.85. The number of hydrogen-bond acceptors (Lipinski definition) is 6. The Morgan fingerprint density at radius 2 is 2.15 bits per heavy atom. The van der Waals surface area contributed by atoms with Crippen molar-refractivity contribution in [1.29, 1.82) is 5.26 Å². The van der Waals surface area contributed by atoms with Gasteiger partial charge in [0.15, 0.2) is 6.61 Å². The molecule has 1 aromatic carbocycles. The molecule has 140 valence electrons. The fourth-order valence-electron chi connectivity index (χ4n) is 3.14. The second kappa shape index (κ2) is 8.23. The highest BCUT2D eigenvalue weighted by molar-refractivity contribution is 7.16. The minimum atomic E-state index is -0.637. The first kappa shape index (κ1) is 18.9. The van der Waals surface area contributed by atoms with Crippen LogP contribution in [0.5, 0.6) is 5.75 Å². The topological polar surface area (TPSA) is 88.4 Å². The molecule has 0 bridgehead atoms. The number of carbonyl (C=O) groups is 2. The molecule has 0 saturated heterocycles. The number of fused-ring (bicyclic) bond motifs is 1. The number of methoxy groups -OCH3 is 1. The van der Waals surface area contributed by atoms with Gasteiger partial charge >= 0.3 is 5.97 Å². The van der Waals surface area contributed by atoms with Gasteiger partial charge in [0.25, 0.3) is 5.91 Å². The van der Waals surface area contributed by atoms with E-state index in [4.69, 9.17) is 9.47 Å². The Labute approximate surface area is 161 Å². The molecule has 0 aliphatic heterocycles. The van der Waals surface area contributed by atoms with Gasteiger partial charge in [-0.25, -0.2) is 4.79 Å². The zero-order chi connectivity index (χ0) is 19.4. The van der Waals surface area contributed by atoms with E-state index in [-0.39, 0.29) is 5.56 Å². The van der Waals surface area contributed by atoms with E-state index in [1.54, 1.807) is 24.3 Å². The van der Waals surface area contributed by atoms with Crippen molar-refractivity contribution in [2.24, 2.45) is 5.92 Å². The number of thiophene rings is 1. The zero-order valence-corrected chi connectivity index (χ0v) is 16.0. The van der Waals surface area contributed by atoms with E-state index in [0.29, 0.717) is 22.2 Å². The smallest absolute Gasteiger partial charge is 0.342 e. The molecule has 1 heterocycles. The highest BCUT2D eigenvalue weighted by atomic mass is 32.1. The first-order valence-electron chi connectivity index (χ1n) is 8.68. The molecule has 1 aromatic heterocycles. The van der Waals surface area contributed by atoms with Gasteiger partial charge in [0.2, 0.25) is 0 Å². The quantitative estimate of drug-likeness (QED) is 0.797. The second-order valence-electron chi connectivity index (χ2n) is 6.49. The van der Waals surface area contributed by atoms with Crippen molar-refractivity contribution >= 4 is 28.2 Å². The Morgan fingerprint density at radius 1 is 1.37 bits per heavy atom. The third-order valence-corrected chi connectivity index (χ3v) is 5.71. The molecule has 0 radical (unpaired) electrons. The summed E-state index contributed by atoms with van der Waals surface area (Å²) < 4.78 is 10.2. The largest absolute Gasteiger partial charge is 0.496 e. The van der Waals surface area contributed by atoms with Gasteiger partial charge in [0.1, 0.15) is 22.4 Å². The SMILES string of the molecule is COc1ccccc1C(=O)OCC(=O)Nc1sc2c(c1C#N)CC[C@H](C)C2. The maximum Gasteiger partial charge on any atom is 0.342 e. The highest BCUT2D eigenvalue weighted by Crippen LogP contribution is 2.39. The molecule has 0 spiro atoms. The van der Waals surface area contributed by atoms with Crippen molar-refractivity contribution < 1.29 is 19.1 Å². The summed E-state index contributed by atoms with van der Waals surface area (Å²) in [6.07, 6.45) is 2.82. The number of rotatable bonds is 5. The summed E-state index contributed by atoms with van der Waals surface area (Å²) in [4.78, 5) is 25.6. The van der Waals surface area contributed by atoms with Crippen LogP contribution in [0.4, 0.5) is 5.00 Å². The van der Waals surface area contributed by atoms with Crippen LogP contribution >= 0.6 is 11.3 Å². The number of benzene rings is 1. The molecule has 3 rings (SSSR count). The van der Waals surface area contributed by atoms with Crippen LogP contribution in [0.2, 0.25) is 0 Å². The molecule has 1 amide bonds. The average molecular weight is 384 g/mol. The molecule has 27 heavy (non-hydrogen) atoms. The van der Waals surface area contributed by atoms with Gasteiger partial charge in [-0.15, -0.1) is 11.3 Å². The second-order valence-corrected chi connectivity index (χ2v) is 7.60. The lowest BCUT2D eigenvalue weighted by molar-refractivity contribution is -0.119. The number of carbonyl (C=O) groups excluding carboxylic acids is 2. The van der Waals surface area contributed by atoms with Crippen LogP contribution in [0.3, 0.4) is 0 Å².